The number of nitrogens with one attached hydrogen (secondary N) is 4. The number of nitrogens with two attached hydrogens (primary N) is 2. The van der Waals surface area contributed by atoms with E-state index in [4.69, 9.17) is 11.5 Å². The number of H-pyrrole nitrogens is 1. The molecule has 0 spiro atoms. The number of hydrogen-bond acceptors (Lipinski definition) is 8. The van der Waals surface area contributed by atoms with Crippen LogP contribution in [0.2, 0.25) is 0 Å². The quantitative estimate of drug-likeness (QED) is 0.108. The van der Waals surface area contributed by atoms with Gasteiger partial charge in [0.25, 0.3) is 0 Å². The first-order chi connectivity index (χ1) is 15.6. The van der Waals surface area contributed by atoms with Crippen LogP contribution in [0.25, 0.3) is 0 Å². The van der Waals surface area contributed by atoms with Crippen molar-refractivity contribution in [3.63, 3.8) is 0 Å². The Bertz CT molecular complexity index is 775. The highest BCUT2D eigenvalue weighted by Crippen LogP contribution is 2.08. The van der Waals surface area contributed by atoms with Crippen molar-refractivity contribution < 1.29 is 24.3 Å². The highest BCUT2D eigenvalue weighted by Gasteiger charge is 2.31. The summed E-state index contributed by atoms with van der Waals surface area (Å²) in [7, 11) is 0. The third-order valence-electron chi connectivity index (χ3n) is 4.95. The number of aromatic amines is 1. The summed E-state index contributed by atoms with van der Waals surface area (Å²) in [6, 6.07) is -4.05. The van der Waals surface area contributed by atoms with Gasteiger partial charge in [0.1, 0.15) is 18.1 Å². The molecule has 3 amide bonds. The van der Waals surface area contributed by atoms with Gasteiger partial charge in [-0.15, -0.1) is 0 Å². The van der Waals surface area contributed by atoms with E-state index >= 15 is 0 Å². The number of aliphatic carboxylic acids is 1. The van der Waals surface area contributed by atoms with E-state index in [9.17, 15) is 24.3 Å². The maximum Gasteiger partial charge on any atom is 0.326 e. The molecule has 4 unspecified atom stereocenters. The molecule has 0 aliphatic carbocycles. The molecule has 0 saturated carbocycles. The minimum Gasteiger partial charge on any atom is -0.480 e. The molecule has 13 heteroatoms. The molecular weight excluding hydrogens is 450 g/mol. The predicted molar refractivity (Wildman–Crippen MR) is 125 cm³/mol. The van der Waals surface area contributed by atoms with Gasteiger partial charge in [-0.3, -0.25) is 14.4 Å². The molecule has 0 aliphatic rings. The number of aromatic nitrogens is 2. The van der Waals surface area contributed by atoms with Crippen molar-refractivity contribution in [3.8, 4) is 0 Å². The van der Waals surface area contributed by atoms with Gasteiger partial charge < -0.3 is 37.5 Å². The van der Waals surface area contributed by atoms with Gasteiger partial charge in [0.05, 0.1) is 12.4 Å². The van der Waals surface area contributed by atoms with Crippen LogP contribution in [0.15, 0.2) is 12.5 Å². The molecular formula is C20H35N7O5S. The van der Waals surface area contributed by atoms with Gasteiger partial charge in [0, 0.05) is 24.1 Å². The Morgan fingerprint density at radius 1 is 1.09 bits per heavy atom. The number of hydrogen-bond donors (Lipinski definition) is 8. The van der Waals surface area contributed by atoms with E-state index in [-0.39, 0.29) is 18.1 Å². The van der Waals surface area contributed by atoms with E-state index in [2.05, 4.69) is 38.5 Å². The second kappa shape index (κ2) is 14.5. The van der Waals surface area contributed by atoms with Crippen molar-refractivity contribution in [2.75, 3.05) is 12.3 Å². The molecule has 4 atom stereocenters. The van der Waals surface area contributed by atoms with E-state index in [1.54, 1.807) is 13.8 Å². The van der Waals surface area contributed by atoms with Crippen LogP contribution in [-0.4, -0.2) is 75.2 Å². The highest BCUT2D eigenvalue weighted by molar-refractivity contribution is 7.80. The average Bonchev–Trinajstić information content (AvgIpc) is 3.28. The second-order valence-electron chi connectivity index (χ2n) is 8.05. The number of carboxylic acids is 1. The van der Waals surface area contributed by atoms with Crippen LogP contribution >= 0.6 is 12.6 Å². The Morgan fingerprint density at radius 3 is 2.27 bits per heavy atom. The highest BCUT2D eigenvalue weighted by atomic mass is 32.1. The Kier molecular flexibility index (Phi) is 12.5. The molecule has 0 aliphatic heterocycles. The predicted octanol–water partition coefficient (Wildman–Crippen LogP) is -1.47. The summed E-state index contributed by atoms with van der Waals surface area (Å²) in [5, 5.41) is 17.2. The fourth-order valence-corrected chi connectivity index (χ4v) is 3.16. The van der Waals surface area contributed by atoms with Gasteiger partial charge in [-0.2, -0.15) is 12.6 Å². The van der Waals surface area contributed by atoms with Crippen LogP contribution in [0.5, 0.6) is 0 Å². The topological polar surface area (TPSA) is 205 Å². The lowest BCUT2D eigenvalue weighted by molar-refractivity contribution is -0.142. The second-order valence-corrected chi connectivity index (χ2v) is 8.41. The summed E-state index contributed by atoms with van der Waals surface area (Å²) in [6.45, 7) is 3.87. The smallest absolute Gasteiger partial charge is 0.326 e. The number of carboxylic acid groups (broad SMARTS) is 1. The largest absolute Gasteiger partial charge is 0.480 e. The van der Waals surface area contributed by atoms with Gasteiger partial charge in [-0.1, -0.05) is 13.8 Å². The van der Waals surface area contributed by atoms with Crippen LogP contribution in [0.1, 0.15) is 38.8 Å². The number of carbonyl (C=O) groups is 4. The zero-order valence-corrected chi connectivity index (χ0v) is 19.8. The summed E-state index contributed by atoms with van der Waals surface area (Å²) in [5.74, 6) is -3.22. The molecule has 0 saturated heterocycles. The minimum absolute atomic E-state index is 0.000771. The normalized spacial score (nSPS) is 14.7. The van der Waals surface area contributed by atoms with Gasteiger partial charge in [-0.05, 0) is 31.7 Å². The number of amides is 3. The monoisotopic (exact) mass is 485 g/mol. The van der Waals surface area contributed by atoms with Crippen LogP contribution in [-0.2, 0) is 25.6 Å². The van der Waals surface area contributed by atoms with E-state index in [1.807, 2.05) is 0 Å². The van der Waals surface area contributed by atoms with E-state index < -0.39 is 47.9 Å². The summed E-state index contributed by atoms with van der Waals surface area (Å²) >= 11 is 3.99. The lowest BCUT2D eigenvalue weighted by Crippen LogP contribution is -2.58. The Balaban J connectivity index is 2.91. The van der Waals surface area contributed by atoms with Crippen LogP contribution in [0, 0.1) is 5.92 Å². The van der Waals surface area contributed by atoms with Crippen LogP contribution in [0.4, 0.5) is 0 Å². The fourth-order valence-electron chi connectivity index (χ4n) is 2.99. The van der Waals surface area contributed by atoms with Crippen molar-refractivity contribution in [1.29, 1.82) is 0 Å². The number of carbonyl (C=O) groups excluding carboxylic acids is 3. The maximum absolute atomic E-state index is 13.0. The Morgan fingerprint density at radius 2 is 1.76 bits per heavy atom. The van der Waals surface area contributed by atoms with E-state index in [1.165, 1.54) is 12.5 Å². The number of rotatable bonds is 15. The molecule has 33 heavy (non-hydrogen) atoms. The first-order valence-corrected chi connectivity index (χ1v) is 11.4. The van der Waals surface area contributed by atoms with E-state index in [0.29, 0.717) is 31.5 Å². The summed E-state index contributed by atoms with van der Waals surface area (Å²) in [6.07, 6.45) is 4.41. The molecule has 186 valence electrons. The lowest BCUT2D eigenvalue weighted by Gasteiger charge is -2.27. The molecule has 0 aromatic carbocycles. The maximum atomic E-state index is 13.0. The lowest BCUT2D eigenvalue weighted by atomic mass is 10.0. The number of nitrogens with zero attached hydrogens (tertiary/aromatic N) is 1. The zero-order valence-electron chi connectivity index (χ0n) is 18.9. The van der Waals surface area contributed by atoms with Gasteiger partial charge in [-0.25, -0.2) is 9.78 Å². The molecule has 0 bridgehead atoms. The standard InChI is InChI=1S/C20H35N7O5S/c1-11(2)16(19(30)26-15(20(31)32)7-12-8-23-10-24-12)27-18(29)14(5-3-4-6-21)25-17(28)13(22)9-33/h8,10-11,13-16,33H,3-7,9,21-22H2,1-2H3,(H,23,24)(H,25,28)(H,26,30)(H,27,29)(H,31,32). The molecule has 1 aromatic heterocycles. The number of imidazole rings is 1. The molecule has 1 aromatic rings. The first kappa shape index (κ1) is 28.4. The summed E-state index contributed by atoms with van der Waals surface area (Å²) in [4.78, 5) is 56.3. The number of unbranched alkanes of at least 4 members (excludes halogenated alkanes) is 1. The third-order valence-corrected chi connectivity index (χ3v) is 5.35. The molecule has 1 rings (SSSR count). The van der Waals surface area contributed by atoms with Crippen molar-refractivity contribution >= 4 is 36.3 Å². The summed E-state index contributed by atoms with van der Waals surface area (Å²) in [5.41, 5.74) is 11.7. The van der Waals surface area contributed by atoms with E-state index in [0.717, 1.165) is 0 Å². The van der Waals surface area contributed by atoms with Crippen molar-refractivity contribution in [1.82, 2.24) is 25.9 Å². The SMILES string of the molecule is CC(C)C(NC(=O)C(CCCCN)NC(=O)C(N)CS)C(=O)NC(Cc1cnc[nH]1)C(=O)O. The van der Waals surface area contributed by atoms with Crippen LogP contribution < -0.4 is 27.4 Å². The zero-order chi connectivity index (χ0) is 25.0. The minimum atomic E-state index is -1.22. The van der Waals surface area contributed by atoms with Crippen molar-refractivity contribution in [3.05, 3.63) is 18.2 Å². The molecule has 9 N–H and O–H groups in total. The summed E-state index contributed by atoms with van der Waals surface area (Å²) < 4.78 is 0. The van der Waals surface area contributed by atoms with Crippen molar-refractivity contribution in [2.45, 2.75) is 63.7 Å². The van der Waals surface area contributed by atoms with Gasteiger partial charge in [0.2, 0.25) is 17.7 Å². The third kappa shape index (κ3) is 9.80. The van der Waals surface area contributed by atoms with Crippen LogP contribution in [0.3, 0.4) is 0 Å². The molecule has 1 heterocycles. The molecule has 0 radical (unpaired) electrons. The fraction of sp³-hybridized carbons (Fsp3) is 0.650. The Hall–Kier alpha value is -2.64. The van der Waals surface area contributed by atoms with Crippen molar-refractivity contribution in [2.24, 2.45) is 17.4 Å². The first-order valence-electron chi connectivity index (χ1n) is 10.8. The average molecular weight is 486 g/mol. The molecule has 12 nitrogen and oxygen atoms in total. The van der Waals surface area contributed by atoms with Gasteiger partial charge in [0.15, 0.2) is 0 Å². The number of thiol groups is 1. The van der Waals surface area contributed by atoms with Gasteiger partial charge >= 0.3 is 5.97 Å². The Labute approximate surface area is 198 Å². The molecule has 0 fully saturated rings.